The first-order valence-electron chi connectivity index (χ1n) is 12.2. The van der Waals surface area contributed by atoms with E-state index in [2.05, 4.69) is 28.6 Å². The van der Waals surface area contributed by atoms with Gasteiger partial charge in [0.05, 0.1) is 29.7 Å². The molecule has 1 atom stereocenters. The average Bonchev–Trinajstić information content (AvgIpc) is 3.61. The highest BCUT2D eigenvalue weighted by molar-refractivity contribution is 6.06. The van der Waals surface area contributed by atoms with Crippen molar-refractivity contribution in [2.75, 3.05) is 18.5 Å². The Hall–Kier alpha value is -3.78. The van der Waals surface area contributed by atoms with Gasteiger partial charge in [-0.15, -0.1) is 0 Å². The quantitative estimate of drug-likeness (QED) is 0.434. The summed E-state index contributed by atoms with van der Waals surface area (Å²) >= 11 is 0. The number of aromatic nitrogens is 4. The van der Waals surface area contributed by atoms with Gasteiger partial charge in [-0.2, -0.15) is 0 Å². The van der Waals surface area contributed by atoms with E-state index in [0.29, 0.717) is 23.7 Å². The number of amides is 1. The summed E-state index contributed by atoms with van der Waals surface area (Å²) in [5, 5.41) is 7.38. The average molecular weight is 469 g/mol. The number of nitrogens with one attached hydrogen (secondary N) is 2. The molecule has 6 rings (SSSR count). The number of nitrogens with zero attached hydrogens (tertiary/aromatic N) is 4. The van der Waals surface area contributed by atoms with Crippen LogP contribution in [0.1, 0.15) is 52.9 Å². The number of hydrogen-bond acceptors (Lipinski definition) is 6. The monoisotopic (exact) mass is 468 g/mol. The molecular weight excluding hydrogens is 440 g/mol. The van der Waals surface area contributed by atoms with Crippen molar-refractivity contribution in [1.82, 2.24) is 24.8 Å². The molecule has 0 radical (unpaired) electrons. The molecule has 2 aliphatic rings. The van der Waals surface area contributed by atoms with Crippen LogP contribution in [0.5, 0.6) is 0 Å². The first kappa shape index (κ1) is 21.7. The molecular formula is C27H28N6O2. The summed E-state index contributed by atoms with van der Waals surface area (Å²) in [5.41, 5.74) is 7.23. The zero-order valence-electron chi connectivity index (χ0n) is 20.0. The van der Waals surface area contributed by atoms with Gasteiger partial charge in [-0.1, -0.05) is 19.4 Å². The van der Waals surface area contributed by atoms with Gasteiger partial charge in [-0.3, -0.25) is 9.78 Å². The van der Waals surface area contributed by atoms with E-state index < -0.39 is 0 Å². The predicted molar refractivity (Wildman–Crippen MR) is 135 cm³/mol. The van der Waals surface area contributed by atoms with E-state index in [-0.39, 0.29) is 5.91 Å². The van der Waals surface area contributed by atoms with Crippen LogP contribution in [0.15, 0.2) is 42.9 Å². The summed E-state index contributed by atoms with van der Waals surface area (Å²) < 4.78 is 7.59. The van der Waals surface area contributed by atoms with Crippen molar-refractivity contribution in [3.05, 3.63) is 65.2 Å². The molecule has 2 aliphatic heterocycles. The minimum absolute atomic E-state index is 0.0991. The van der Waals surface area contributed by atoms with Crippen molar-refractivity contribution in [2.24, 2.45) is 7.05 Å². The molecule has 0 saturated carbocycles. The largest absolute Gasteiger partial charge is 0.381 e. The molecule has 0 spiro atoms. The van der Waals surface area contributed by atoms with Crippen molar-refractivity contribution in [3.63, 3.8) is 0 Å². The highest BCUT2D eigenvalue weighted by atomic mass is 16.5. The van der Waals surface area contributed by atoms with E-state index in [1.165, 1.54) is 5.56 Å². The molecule has 2 N–H and O–H groups in total. The van der Waals surface area contributed by atoms with Crippen LogP contribution in [-0.4, -0.2) is 38.6 Å². The number of carbonyl (C=O) groups is 1. The zero-order valence-corrected chi connectivity index (χ0v) is 20.0. The van der Waals surface area contributed by atoms with Crippen molar-refractivity contribution >= 4 is 28.4 Å². The number of pyridine rings is 3. The second-order valence-electron chi connectivity index (χ2n) is 9.25. The first-order chi connectivity index (χ1) is 17.1. The van der Waals surface area contributed by atoms with Gasteiger partial charge in [0.25, 0.3) is 5.91 Å². The van der Waals surface area contributed by atoms with Crippen LogP contribution in [0, 0.1) is 0 Å². The molecule has 35 heavy (non-hydrogen) atoms. The lowest BCUT2D eigenvalue weighted by Crippen LogP contribution is -2.14. The predicted octanol–water partition coefficient (Wildman–Crippen LogP) is 4.47. The Morgan fingerprint density at radius 3 is 2.97 bits per heavy atom. The lowest BCUT2D eigenvalue weighted by molar-refractivity contribution is 0.0966. The molecule has 0 aromatic carbocycles. The standard InChI is InChI=1S/C27H28N6O2/c1-3-4-21-17(16-9-12-35-15-16)5-6-23(31-21)32-22-14-29-25(20-13-30-27(34)24(20)22)18-7-10-28-26-19(18)8-11-33(26)2/h5-8,10-11,14,16H,3-4,9,12-13,15H2,1-2H3,(H,30,34)(H,31,32)/t16-/m1/s1. The van der Waals surface area contributed by atoms with E-state index >= 15 is 0 Å². The van der Waals surface area contributed by atoms with Crippen molar-refractivity contribution in [3.8, 4) is 11.3 Å². The maximum absolute atomic E-state index is 12.9. The molecule has 0 unspecified atom stereocenters. The van der Waals surface area contributed by atoms with E-state index in [4.69, 9.17) is 14.7 Å². The maximum atomic E-state index is 12.9. The van der Waals surface area contributed by atoms with Crippen molar-refractivity contribution in [1.29, 1.82) is 0 Å². The number of anilines is 2. The van der Waals surface area contributed by atoms with E-state index in [9.17, 15) is 4.79 Å². The number of aryl methyl sites for hydroxylation is 2. The van der Waals surface area contributed by atoms with Crippen LogP contribution in [-0.2, 0) is 24.8 Å². The third-order valence-corrected chi connectivity index (χ3v) is 6.98. The van der Waals surface area contributed by atoms with E-state index in [1.807, 2.05) is 36.0 Å². The Balaban J connectivity index is 1.39. The molecule has 178 valence electrons. The summed E-state index contributed by atoms with van der Waals surface area (Å²) in [5.74, 6) is 1.03. The molecule has 4 aromatic heterocycles. The van der Waals surface area contributed by atoms with Crippen LogP contribution in [0.25, 0.3) is 22.3 Å². The Morgan fingerprint density at radius 2 is 2.14 bits per heavy atom. The highest BCUT2D eigenvalue weighted by Crippen LogP contribution is 2.36. The summed E-state index contributed by atoms with van der Waals surface area (Å²) in [6.45, 7) is 4.17. The molecule has 1 amide bonds. The van der Waals surface area contributed by atoms with Crippen LogP contribution >= 0.6 is 0 Å². The van der Waals surface area contributed by atoms with Crippen molar-refractivity contribution < 1.29 is 9.53 Å². The smallest absolute Gasteiger partial charge is 0.254 e. The van der Waals surface area contributed by atoms with Gasteiger partial charge in [0.2, 0.25) is 0 Å². The fourth-order valence-corrected chi connectivity index (χ4v) is 5.25. The van der Waals surface area contributed by atoms with Gasteiger partial charge in [0.1, 0.15) is 11.5 Å². The Bertz CT molecular complexity index is 1440. The molecule has 1 saturated heterocycles. The van der Waals surface area contributed by atoms with Crippen LogP contribution in [0.2, 0.25) is 0 Å². The minimum Gasteiger partial charge on any atom is -0.381 e. The molecule has 0 aliphatic carbocycles. The second-order valence-corrected chi connectivity index (χ2v) is 9.25. The third kappa shape index (κ3) is 3.74. The van der Waals surface area contributed by atoms with Gasteiger partial charge in [0, 0.05) is 60.7 Å². The lowest BCUT2D eigenvalue weighted by Gasteiger charge is -2.17. The normalized spacial score (nSPS) is 17.1. The van der Waals surface area contributed by atoms with Crippen LogP contribution in [0.3, 0.4) is 0 Å². The van der Waals surface area contributed by atoms with Gasteiger partial charge in [-0.05, 0) is 36.6 Å². The maximum Gasteiger partial charge on any atom is 0.254 e. The number of carbonyl (C=O) groups excluding carboxylic acids is 1. The molecule has 6 heterocycles. The Morgan fingerprint density at radius 1 is 1.23 bits per heavy atom. The fraction of sp³-hybridized carbons (Fsp3) is 0.333. The van der Waals surface area contributed by atoms with E-state index in [1.54, 1.807) is 12.4 Å². The third-order valence-electron chi connectivity index (χ3n) is 6.98. The van der Waals surface area contributed by atoms with Gasteiger partial charge < -0.3 is 19.9 Å². The zero-order chi connectivity index (χ0) is 23.9. The molecule has 8 heteroatoms. The molecule has 4 aromatic rings. The van der Waals surface area contributed by atoms with Gasteiger partial charge in [-0.25, -0.2) is 9.97 Å². The fourth-order valence-electron chi connectivity index (χ4n) is 5.25. The number of rotatable bonds is 6. The number of ether oxygens (including phenoxy) is 1. The molecule has 0 bridgehead atoms. The summed E-state index contributed by atoms with van der Waals surface area (Å²) in [6.07, 6.45) is 8.49. The second kappa shape index (κ2) is 8.78. The Labute approximate surface area is 203 Å². The highest BCUT2D eigenvalue weighted by Gasteiger charge is 2.28. The van der Waals surface area contributed by atoms with Crippen molar-refractivity contribution in [2.45, 2.75) is 38.6 Å². The summed E-state index contributed by atoms with van der Waals surface area (Å²) in [7, 11) is 1.97. The lowest BCUT2D eigenvalue weighted by atomic mass is 9.95. The SMILES string of the molecule is CCCc1nc(Nc2cnc(-c3ccnc4c3ccn4C)c3c2C(=O)NC3)ccc1[C@@H]1CCOC1. The number of hydrogen-bond donors (Lipinski definition) is 2. The summed E-state index contributed by atoms with van der Waals surface area (Å²) in [4.78, 5) is 27.1. The molecule has 1 fully saturated rings. The van der Waals surface area contributed by atoms with Gasteiger partial charge >= 0.3 is 0 Å². The van der Waals surface area contributed by atoms with E-state index in [0.717, 1.165) is 71.8 Å². The van der Waals surface area contributed by atoms with Crippen LogP contribution < -0.4 is 10.6 Å². The summed E-state index contributed by atoms with van der Waals surface area (Å²) in [6, 6.07) is 8.16. The topological polar surface area (TPSA) is 94.0 Å². The Kier molecular flexibility index (Phi) is 5.45. The number of fused-ring (bicyclic) bond motifs is 2. The van der Waals surface area contributed by atoms with Gasteiger partial charge in [0.15, 0.2) is 0 Å². The molecule has 8 nitrogen and oxygen atoms in total. The first-order valence-corrected chi connectivity index (χ1v) is 12.2. The minimum atomic E-state index is -0.0991. The van der Waals surface area contributed by atoms with Crippen LogP contribution in [0.4, 0.5) is 11.5 Å².